The molecule has 0 spiro atoms. The van der Waals surface area contributed by atoms with Crippen LogP contribution in [0.5, 0.6) is 5.75 Å². The number of hydrogen-bond acceptors (Lipinski definition) is 6. The standard InChI is InChI=1S/C13H11ClN2O4S/c1-19-11-4-9(8(14)3-7(11)13(18)20-2)16-12(17)10-5-21-6-15-10/h3-6H,1-2H3,(H,16,17). The van der Waals surface area contributed by atoms with E-state index in [-0.39, 0.29) is 22.0 Å². The quantitative estimate of drug-likeness (QED) is 0.874. The Hall–Kier alpha value is -2.12. The van der Waals surface area contributed by atoms with E-state index in [9.17, 15) is 9.59 Å². The van der Waals surface area contributed by atoms with E-state index in [0.29, 0.717) is 5.69 Å². The molecular weight excluding hydrogens is 316 g/mol. The highest BCUT2D eigenvalue weighted by Crippen LogP contribution is 2.31. The molecule has 8 heteroatoms. The second-order valence-electron chi connectivity index (χ2n) is 3.85. The Bertz CT molecular complexity index is 673. The Labute approximate surface area is 129 Å². The van der Waals surface area contributed by atoms with E-state index in [0.717, 1.165) is 0 Å². The summed E-state index contributed by atoms with van der Waals surface area (Å²) in [5.74, 6) is -0.725. The minimum Gasteiger partial charge on any atom is -0.496 e. The number of ether oxygens (including phenoxy) is 2. The molecule has 0 aliphatic rings. The summed E-state index contributed by atoms with van der Waals surface area (Å²) >= 11 is 7.38. The number of benzene rings is 1. The molecule has 110 valence electrons. The highest BCUT2D eigenvalue weighted by Gasteiger charge is 2.18. The Morgan fingerprint density at radius 2 is 2.10 bits per heavy atom. The van der Waals surface area contributed by atoms with E-state index in [1.165, 1.54) is 37.7 Å². The van der Waals surface area contributed by atoms with Gasteiger partial charge < -0.3 is 14.8 Å². The Morgan fingerprint density at radius 3 is 2.67 bits per heavy atom. The highest BCUT2D eigenvalue weighted by molar-refractivity contribution is 7.07. The molecule has 0 aliphatic heterocycles. The lowest BCUT2D eigenvalue weighted by Crippen LogP contribution is -2.13. The van der Waals surface area contributed by atoms with Gasteiger partial charge in [-0.3, -0.25) is 4.79 Å². The van der Waals surface area contributed by atoms with E-state index in [1.807, 2.05) is 0 Å². The minimum absolute atomic E-state index is 0.177. The van der Waals surface area contributed by atoms with Gasteiger partial charge in [0.15, 0.2) is 0 Å². The zero-order valence-electron chi connectivity index (χ0n) is 11.2. The average molecular weight is 327 g/mol. The van der Waals surface area contributed by atoms with Crippen molar-refractivity contribution in [1.82, 2.24) is 4.98 Å². The second-order valence-corrected chi connectivity index (χ2v) is 4.98. The van der Waals surface area contributed by atoms with Gasteiger partial charge in [-0.1, -0.05) is 11.6 Å². The molecular formula is C13H11ClN2O4S. The summed E-state index contributed by atoms with van der Waals surface area (Å²) in [7, 11) is 2.66. The fraction of sp³-hybridized carbons (Fsp3) is 0.154. The molecule has 1 heterocycles. The van der Waals surface area contributed by atoms with Crippen LogP contribution in [0, 0.1) is 0 Å². The fourth-order valence-electron chi connectivity index (χ4n) is 1.60. The van der Waals surface area contributed by atoms with Gasteiger partial charge in [0, 0.05) is 11.4 Å². The second kappa shape index (κ2) is 6.55. The zero-order valence-corrected chi connectivity index (χ0v) is 12.7. The first-order valence-corrected chi connectivity index (χ1v) is 7.04. The number of rotatable bonds is 4. The van der Waals surface area contributed by atoms with E-state index < -0.39 is 11.9 Å². The van der Waals surface area contributed by atoms with Crippen LogP contribution in [0.4, 0.5) is 5.69 Å². The molecule has 0 saturated heterocycles. The number of carbonyl (C=O) groups excluding carboxylic acids is 2. The molecule has 0 radical (unpaired) electrons. The SMILES string of the molecule is COC(=O)c1cc(Cl)c(NC(=O)c2cscn2)cc1OC. The smallest absolute Gasteiger partial charge is 0.341 e. The van der Waals surface area contributed by atoms with Gasteiger partial charge in [-0.25, -0.2) is 9.78 Å². The number of halogens is 1. The third-order valence-electron chi connectivity index (χ3n) is 2.61. The van der Waals surface area contributed by atoms with Gasteiger partial charge in [0.2, 0.25) is 0 Å². The van der Waals surface area contributed by atoms with Gasteiger partial charge >= 0.3 is 5.97 Å². The van der Waals surface area contributed by atoms with Crippen molar-refractivity contribution in [3.63, 3.8) is 0 Å². The summed E-state index contributed by atoms with van der Waals surface area (Å²) in [4.78, 5) is 27.5. The molecule has 0 bridgehead atoms. The molecule has 1 aromatic heterocycles. The number of aromatic nitrogens is 1. The molecule has 1 amide bonds. The number of nitrogens with one attached hydrogen (secondary N) is 1. The number of amides is 1. The van der Waals surface area contributed by atoms with Crippen molar-refractivity contribution >= 4 is 40.5 Å². The van der Waals surface area contributed by atoms with Crippen molar-refractivity contribution in [2.24, 2.45) is 0 Å². The van der Waals surface area contributed by atoms with Crippen LogP contribution in [0.25, 0.3) is 0 Å². The highest BCUT2D eigenvalue weighted by atomic mass is 35.5. The Kier molecular flexibility index (Phi) is 4.77. The maximum absolute atomic E-state index is 11.9. The van der Waals surface area contributed by atoms with Crippen LogP contribution in [0.3, 0.4) is 0 Å². The molecule has 0 aliphatic carbocycles. The first kappa shape index (κ1) is 15.3. The predicted molar refractivity (Wildman–Crippen MR) is 79.4 cm³/mol. The van der Waals surface area contributed by atoms with Gasteiger partial charge in [0.25, 0.3) is 5.91 Å². The number of anilines is 1. The van der Waals surface area contributed by atoms with Crippen molar-refractivity contribution in [1.29, 1.82) is 0 Å². The molecule has 2 rings (SSSR count). The number of nitrogens with zero attached hydrogens (tertiary/aromatic N) is 1. The van der Waals surface area contributed by atoms with E-state index in [1.54, 1.807) is 10.9 Å². The van der Waals surface area contributed by atoms with Crippen molar-refractivity contribution in [2.45, 2.75) is 0 Å². The number of esters is 1. The number of carbonyl (C=O) groups is 2. The number of thiazole rings is 1. The van der Waals surface area contributed by atoms with Gasteiger partial charge in [-0.05, 0) is 6.07 Å². The zero-order chi connectivity index (χ0) is 15.4. The van der Waals surface area contributed by atoms with Crippen LogP contribution in [0.15, 0.2) is 23.0 Å². The monoisotopic (exact) mass is 326 g/mol. The Morgan fingerprint density at radius 1 is 1.33 bits per heavy atom. The third-order valence-corrected chi connectivity index (χ3v) is 3.51. The first-order valence-electron chi connectivity index (χ1n) is 5.72. The molecule has 2 aromatic rings. The lowest BCUT2D eigenvalue weighted by molar-refractivity contribution is 0.0597. The van der Waals surface area contributed by atoms with Crippen LogP contribution in [-0.4, -0.2) is 31.1 Å². The molecule has 0 atom stereocenters. The van der Waals surface area contributed by atoms with Crippen molar-refractivity contribution in [3.05, 3.63) is 39.3 Å². The maximum Gasteiger partial charge on any atom is 0.341 e. The summed E-state index contributed by atoms with van der Waals surface area (Å²) < 4.78 is 9.75. The summed E-state index contributed by atoms with van der Waals surface area (Å²) in [5, 5.41) is 4.42. The molecule has 21 heavy (non-hydrogen) atoms. The largest absolute Gasteiger partial charge is 0.496 e. The summed E-state index contributed by atoms with van der Waals surface area (Å²) in [6, 6.07) is 2.84. The molecule has 1 N–H and O–H groups in total. The molecule has 1 aromatic carbocycles. The van der Waals surface area contributed by atoms with E-state index in [2.05, 4.69) is 15.0 Å². The predicted octanol–water partition coefficient (Wildman–Crippen LogP) is 2.84. The van der Waals surface area contributed by atoms with Gasteiger partial charge in [0.05, 0.1) is 30.4 Å². The average Bonchev–Trinajstić information content (AvgIpc) is 3.02. The molecule has 0 fully saturated rings. The van der Waals surface area contributed by atoms with Crippen molar-refractivity contribution in [2.75, 3.05) is 19.5 Å². The van der Waals surface area contributed by atoms with Gasteiger partial charge in [0.1, 0.15) is 17.0 Å². The lowest BCUT2D eigenvalue weighted by Gasteiger charge is -2.12. The summed E-state index contributed by atoms with van der Waals surface area (Å²) in [5.41, 5.74) is 2.33. The molecule has 0 saturated carbocycles. The molecule has 6 nitrogen and oxygen atoms in total. The van der Waals surface area contributed by atoms with Crippen LogP contribution in [0.2, 0.25) is 5.02 Å². The van der Waals surface area contributed by atoms with Crippen molar-refractivity contribution < 1.29 is 19.1 Å². The summed E-state index contributed by atoms with van der Waals surface area (Å²) in [6.45, 7) is 0. The topological polar surface area (TPSA) is 77.5 Å². The lowest BCUT2D eigenvalue weighted by atomic mass is 10.1. The van der Waals surface area contributed by atoms with E-state index >= 15 is 0 Å². The first-order chi connectivity index (χ1) is 10.1. The normalized spacial score (nSPS) is 10.0. The van der Waals surface area contributed by atoms with Crippen LogP contribution < -0.4 is 10.1 Å². The maximum atomic E-state index is 11.9. The fourth-order valence-corrected chi connectivity index (χ4v) is 2.34. The van der Waals surface area contributed by atoms with Crippen LogP contribution in [0.1, 0.15) is 20.8 Å². The Balaban J connectivity index is 2.33. The minimum atomic E-state index is -0.578. The van der Waals surface area contributed by atoms with Crippen LogP contribution >= 0.6 is 22.9 Å². The van der Waals surface area contributed by atoms with E-state index in [4.69, 9.17) is 16.3 Å². The van der Waals surface area contributed by atoms with Gasteiger partial charge in [-0.2, -0.15) is 0 Å². The van der Waals surface area contributed by atoms with Crippen LogP contribution in [-0.2, 0) is 4.74 Å². The number of methoxy groups -OCH3 is 2. The number of hydrogen-bond donors (Lipinski definition) is 1. The molecule has 0 unspecified atom stereocenters. The van der Waals surface area contributed by atoms with Crippen molar-refractivity contribution in [3.8, 4) is 5.75 Å². The third kappa shape index (κ3) is 3.32. The summed E-state index contributed by atoms with van der Waals surface area (Å²) in [6.07, 6.45) is 0. The van der Waals surface area contributed by atoms with Gasteiger partial charge in [-0.15, -0.1) is 11.3 Å².